The van der Waals surface area contributed by atoms with Gasteiger partial charge in [-0.1, -0.05) is 0 Å². The van der Waals surface area contributed by atoms with Crippen LogP contribution in [-0.4, -0.2) is 11.5 Å². The van der Waals surface area contributed by atoms with Gasteiger partial charge in [-0.3, -0.25) is 4.98 Å². The Kier molecular flexibility index (Phi) is 1.40. The highest BCUT2D eigenvalue weighted by Gasteiger charge is 2.07. The minimum Gasteiger partial charge on any atom is -0.311 e. The Balaban J connectivity index is 2.41. The van der Waals surface area contributed by atoms with E-state index in [1.807, 2.05) is 6.07 Å². The van der Waals surface area contributed by atoms with Crippen molar-refractivity contribution in [2.24, 2.45) is 0 Å². The average molecular weight is 133 g/mol. The van der Waals surface area contributed by atoms with Gasteiger partial charge in [0.05, 0.1) is 5.69 Å². The maximum Gasteiger partial charge on any atom is 0.0580 e. The van der Waals surface area contributed by atoms with Gasteiger partial charge in [-0.2, -0.15) is 0 Å². The van der Waals surface area contributed by atoms with Gasteiger partial charge in [0.2, 0.25) is 0 Å². The maximum absolute atomic E-state index is 4.23. The van der Waals surface area contributed by atoms with Gasteiger partial charge < -0.3 is 5.32 Å². The minimum absolute atomic E-state index is 0.909. The van der Waals surface area contributed by atoms with E-state index >= 15 is 0 Å². The quantitative estimate of drug-likeness (QED) is 0.558. The lowest BCUT2D eigenvalue weighted by molar-refractivity contribution is 0.626. The number of aromatic nitrogens is 1. The second-order valence-electron chi connectivity index (χ2n) is 2.44. The lowest BCUT2D eigenvalue weighted by Crippen LogP contribution is -2.24. The Labute approximate surface area is 60.3 Å². The number of hydrogen-bond acceptors (Lipinski definition) is 2. The smallest absolute Gasteiger partial charge is 0.0580 e. The molecule has 2 nitrogen and oxygen atoms in total. The third-order valence-corrected chi connectivity index (χ3v) is 1.76. The number of fused-ring (bicyclic) bond motifs is 1. The van der Waals surface area contributed by atoms with E-state index in [0.717, 1.165) is 25.2 Å². The fourth-order valence-corrected chi connectivity index (χ4v) is 1.22. The molecule has 0 bridgehead atoms. The summed E-state index contributed by atoms with van der Waals surface area (Å²) in [6, 6.07) is 5.07. The molecule has 0 aromatic carbocycles. The molecule has 0 fully saturated rings. The SMILES string of the molecule is [c]1ccnc2c1CCNC2. The van der Waals surface area contributed by atoms with Crippen molar-refractivity contribution in [2.45, 2.75) is 13.0 Å². The summed E-state index contributed by atoms with van der Waals surface area (Å²) in [4.78, 5) is 4.23. The second-order valence-corrected chi connectivity index (χ2v) is 2.44. The monoisotopic (exact) mass is 133 g/mol. The van der Waals surface area contributed by atoms with Crippen LogP contribution in [0.3, 0.4) is 0 Å². The Bertz CT molecular complexity index is 207. The standard InChI is InChI=1S/C8H9N2/c1-2-7-3-5-9-6-8(7)10-4-1/h1,4,9H,3,5-6H2. The largest absolute Gasteiger partial charge is 0.311 e. The molecule has 51 valence electrons. The molecule has 0 saturated heterocycles. The Hall–Kier alpha value is -0.890. The lowest BCUT2D eigenvalue weighted by Gasteiger charge is -2.14. The molecule has 1 aliphatic heterocycles. The predicted octanol–water partition coefficient (Wildman–Crippen LogP) is 0.527. The molecular formula is C8H9N2. The average Bonchev–Trinajstić information content (AvgIpc) is 2.05. The van der Waals surface area contributed by atoms with E-state index in [1.165, 1.54) is 5.56 Å². The zero-order chi connectivity index (χ0) is 6.81. The predicted molar refractivity (Wildman–Crippen MR) is 38.5 cm³/mol. The normalized spacial score (nSPS) is 16.4. The highest BCUT2D eigenvalue weighted by molar-refractivity contribution is 5.20. The van der Waals surface area contributed by atoms with Gasteiger partial charge in [-0.15, -0.1) is 0 Å². The van der Waals surface area contributed by atoms with E-state index in [9.17, 15) is 0 Å². The van der Waals surface area contributed by atoms with Gasteiger partial charge >= 0.3 is 0 Å². The second kappa shape index (κ2) is 2.39. The molecule has 2 heteroatoms. The maximum atomic E-state index is 4.23. The van der Waals surface area contributed by atoms with Crippen molar-refractivity contribution in [3.63, 3.8) is 0 Å². The van der Waals surface area contributed by atoms with Crippen molar-refractivity contribution in [3.05, 3.63) is 29.6 Å². The van der Waals surface area contributed by atoms with Gasteiger partial charge in [-0.05, 0) is 30.7 Å². The molecule has 10 heavy (non-hydrogen) atoms. The number of nitrogens with zero attached hydrogens (tertiary/aromatic N) is 1. The van der Waals surface area contributed by atoms with Crippen molar-refractivity contribution in [2.75, 3.05) is 6.54 Å². The number of rotatable bonds is 0. The highest BCUT2D eigenvalue weighted by atomic mass is 14.9. The number of hydrogen-bond donors (Lipinski definition) is 1. The first kappa shape index (κ1) is 5.86. The van der Waals surface area contributed by atoms with Crippen LogP contribution in [0, 0.1) is 6.07 Å². The summed E-state index contributed by atoms with van der Waals surface area (Å²) in [5.41, 5.74) is 2.44. The summed E-state index contributed by atoms with van der Waals surface area (Å²) < 4.78 is 0. The molecule has 1 N–H and O–H groups in total. The van der Waals surface area contributed by atoms with Crippen LogP contribution in [0.25, 0.3) is 0 Å². The van der Waals surface area contributed by atoms with Crippen molar-refractivity contribution in [1.29, 1.82) is 0 Å². The first-order chi connectivity index (χ1) is 4.97. The van der Waals surface area contributed by atoms with Crippen LogP contribution in [0.5, 0.6) is 0 Å². The van der Waals surface area contributed by atoms with Crippen molar-refractivity contribution >= 4 is 0 Å². The van der Waals surface area contributed by atoms with Crippen molar-refractivity contribution < 1.29 is 0 Å². The Morgan fingerprint density at radius 3 is 3.50 bits per heavy atom. The molecule has 2 rings (SSSR count). The molecule has 1 radical (unpaired) electrons. The van der Waals surface area contributed by atoms with E-state index in [1.54, 1.807) is 6.20 Å². The third-order valence-electron chi connectivity index (χ3n) is 1.76. The molecular weight excluding hydrogens is 124 g/mol. The highest BCUT2D eigenvalue weighted by Crippen LogP contribution is 2.07. The van der Waals surface area contributed by atoms with Gasteiger partial charge in [0.15, 0.2) is 0 Å². The Morgan fingerprint density at radius 1 is 1.60 bits per heavy atom. The number of pyridine rings is 1. The fraction of sp³-hybridized carbons (Fsp3) is 0.375. The summed E-state index contributed by atoms with van der Waals surface area (Å²) >= 11 is 0. The lowest BCUT2D eigenvalue weighted by atomic mass is 10.1. The van der Waals surface area contributed by atoms with E-state index in [2.05, 4.69) is 16.4 Å². The van der Waals surface area contributed by atoms with E-state index in [4.69, 9.17) is 0 Å². The molecule has 1 aliphatic rings. The zero-order valence-electron chi connectivity index (χ0n) is 5.72. The van der Waals surface area contributed by atoms with Crippen LogP contribution in [0.2, 0.25) is 0 Å². The molecule has 0 unspecified atom stereocenters. The van der Waals surface area contributed by atoms with Crippen LogP contribution < -0.4 is 5.32 Å². The molecule has 2 heterocycles. The van der Waals surface area contributed by atoms with Crippen LogP contribution in [-0.2, 0) is 13.0 Å². The topological polar surface area (TPSA) is 24.9 Å². The summed E-state index contributed by atoms with van der Waals surface area (Å²) in [5.74, 6) is 0. The summed E-state index contributed by atoms with van der Waals surface area (Å²) in [6.45, 7) is 1.97. The van der Waals surface area contributed by atoms with Crippen LogP contribution in [0.1, 0.15) is 11.3 Å². The molecule has 0 atom stereocenters. The molecule has 0 aliphatic carbocycles. The zero-order valence-corrected chi connectivity index (χ0v) is 5.72. The molecule has 1 aromatic rings. The van der Waals surface area contributed by atoms with Crippen LogP contribution in [0.15, 0.2) is 12.3 Å². The van der Waals surface area contributed by atoms with E-state index < -0.39 is 0 Å². The van der Waals surface area contributed by atoms with Gasteiger partial charge in [-0.25, -0.2) is 0 Å². The Morgan fingerprint density at radius 2 is 2.60 bits per heavy atom. The third kappa shape index (κ3) is 0.907. The van der Waals surface area contributed by atoms with E-state index in [0.29, 0.717) is 0 Å². The summed E-state index contributed by atoms with van der Waals surface area (Å²) in [5, 5.41) is 3.26. The van der Waals surface area contributed by atoms with Gasteiger partial charge in [0.25, 0.3) is 0 Å². The summed E-state index contributed by atoms with van der Waals surface area (Å²) in [7, 11) is 0. The minimum atomic E-state index is 0.909. The molecule has 1 aromatic heterocycles. The van der Waals surface area contributed by atoms with Crippen molar-refractivity contribution in [3.8, 4) is 0 Å². The van der Waals surface area contributed by atoms with E-state index in [-0.39, 0.29) is 0 Å². The molecule has 0 saturated carbocycles. The number of nitrogens with one attached hydrogen (secondary N) is 1. The first-order valence-electron chi connectivity index (χ1n) is 3.52. The van der Waals surface area contributed by atoms with Crippen LogP contribution >= 0.6 is 0 Å². The molecule has 0 spiro atoms. The van der Waals surface area contributed by atoms with Gasteiger partial charge in [0, 0.05) is 12.7 Å². The summed E-state index contributed by atoms with van der Waals surface area (Å²) in [6.07, 6.45) is 2.87. The fourth-order valence-electron chi connectivity index (χ4n) is 1.22. The molecule has 0 amide bonds. The first-order valence-corrected chi connectivity index (χ1v) is 3.52. The van der Waals surface area contributed by atoms with Crippen molar-refractivity contribution in [1.82, 2.24) is 10.3 Å². The van der Waals surface area contributed by atoms with Crippen LogP contribution in [0.4, 0.5) is 0 Å². The van der Waals surface area contributed by atoms with Gasteiger partial charge in [0.1, 0.15) is 0 Å².